The first kappa shape index (κ1) is 20.2. The molecule has 1 aromatic carbocycles. The highest BCUT2D eigenvalue weighted by atomic mass is 35.5. The van der Waals surface area contributed by atoms with Crippen molar-refractivity contribution in [1.29, 1.82) is 0 Å². The summed E-state index contributed by atoms with van der Waals surface area (Å²) in [6.45, 7) is 1.36. The van der Waals surface area contributed by atoms with Gasteiger partial charge in [-0.2, -0.15) is 13.2 Å². The minimum absolute atomic E-state index is 0. The van der Waals surface area contributed by atoms with Gasteiger partial charge in [0.1, 0.15) is 0 Å². The molecule has 9 heteroatoms. The second-order valence-electron chi connectivity index (χ2n) is 5.71. The van der Waals surface area contributed by atoms with Gasteiger partial charge in [-0.15, -0.1) is 12.4 Å². The van der Waals surface area contributed by atoms with Crippen LogP contribution in [0.15, 0.2) is 23.1 Å². The van der Waals surface area contributed by atoms with E-state index in [0.29, 0.717) is 12.8 Å². The summed E-state index contributed by atoms with van der Waals surface area (Å²) in [6.07, 6.45) is -1.74. The van der Waals surface area contributed by atoms with Crippen molar-refractivity contribution in [1.82, 2.24) is 4.72 Å². The lowest BCUT2D eigenvalue weighted by Gasteiger charge is -2.26. The zero-order valence-corrected chi connectivity index (χ0v) is 14.2. The number of sulfonamides is 1. The Morgan fingerprint density at radius 1 is 1.17 bits per heavy atom. The first-order chi connectivity index (χ1) is 10.1. The number of aryl methyl sites for hydroxylation is 1. The van der Waals surface area contributed by atoms with Crippen LogP contribution in [0.25, 0.3) is 0 Å². The highest BCUT2D eigenvalue weighted by molar-refractivity contribution is 7.89. The largest absolute Gasteiger partial charge is 0.416 e. The number of halogens is 4. The molecule has 23 heavy (non-hydrogen) atoms. The van der Waals surface area contributed by atoms with E-state index in [9.17, 15) is 21.6 Å². The van der Waals surface area contributed by atoms with Crippen LogP contribution in [-0.4, -0.2) is 20.5 Å². The maximum absolute atomic E-state index is 12.6. The van der Waals surface area contributed by atoms with Gasteiger partial charge in [0, 0.05) is 12.1 Å². The predicted octanol–water partition coefficient (Wildman–Crippen LogP) is 2.98. The van der Waals surface area contributed by atoms with Crippen LogP contribution in [0.2, 0.25) is 0 Å². The molecular formula is C14H20ClF3N2O2S. The fourth-order valence-corrected chi connectivity index (χ4v) is 4.18. The molecule has 0 saturated heterocycles. The van der Waals surface area contributed by atoms with Crippen LogP contribution in [0.1, 0.15) is 36.8 Å². The van der Waals surface area contributed by atoms with Crippen LogP contribution in [0.3, 0.4) is 0 Å². The van der Waals surface area contributed by atoms with Crippen molar-refractivity contribution < 1.29 is 21.6 Å². The molecule has 1 fully saturated rings. The van der Waals surface area contributed by atoms with Crippen molar-refractivity contribution in [2.75, 3.05) is 0 Å². The summed E-state index contributed by atoms with van der Waals surface area (Å²) in [5.74, 6) is 0. The molecule has 0 amide bonds. The lowest BCUT2D eigenvalue weighted by atomic mass is 9.93. The molecule has 132 valence electrons. The number of nitrogens with one attached hydrogen (secondary N) is 1. The molecule has 0 spiro atoms. The summed E-state index contributed by atoms with van der Waals surface area (Å²) in [5, 5.41) is 0. The minimum atomic E-state index is -4.49. The van der Waals surface area contributed by atoms with Crippen molar-refractivity contribution in [3.63, 3.8) is 0 Å². The van der Waals surface area contributed by atoms with Crippen molar-refractivity contribution in [2.24, 2.45) is 5.73 Å². The van der Waals surface area contributed by atoms with E-state index in [1.165, 1.54) is 6.92 Å². The molecule has 0 heterocycles. The van der Waals surface area contributed by atoms with E-state index in [-0.39, 0.29) is 34.9 Å². The maximum atomic E-state index is 12.6. The third kappa shape index (κ3) is 5.07. The van der Waals surface area contributed by atoms with Crippen LogP contribution in [0, 0.1) is 6.92 Å². The first-order valence-corrected chi connectivity index (χ1v) is 8.53. The minimum Gasteiger partial charge on any atom is -0.328 e. The molecule has 3 N–H and O–H groups in total. The molecule has 4 nitrogen and oxygen atoms in total. The van der Waals surface area contributed by atoms with Crippen molar-refractivity contribution in [3.05, 3.63) is 29.3 Å². The van der Waals surface area contributed by atoms with Gasteiger partial charge in [0.15, 0.2) is 0 Å². The Morgan fingerprint density at radius 2 is 1.74 bits per heavy atom. The van der Waals surface area contributed by atoms with Gasteiger partial charge in [-0.05, 0) is 56.4 Å². The summed E-state index contributed by atoms with van der Waals surface area (Å²) >= 11 is 0. The Hall–Kier alpha value is -0.830. The predicted molar refractivity (Wildman–Crippen MR) is 84.0 cm³/mol. The van der Waals surface area contributed by atoms with Gasteiger partial charge in [-0.25, -0.2) is 13.1 Å². The van der Waals surface area contributed by atoms with Gasteiger partial charge in [0.05, 0.1) is 10.5 Å². The summed E-state index contributed by atoms with van der Waals surface area (Å²) in [7, 11) is -3.83. The lowest BCUT2D eigenvalue weighted by molar-refractivity contribution is -0.137. The average molecular weight is 373 g/mol. The SMILES string of the molecule is Cc1cc(C(F)(F)F)ccc1S(=O)(=O)NC1CCC(N)CC1.Cl. The van der Waals surface area contributed by atoms with Crippen LogP contribution in [0.4, 0.5) is 13.2 Å². The number of alkyl halides is 3. The summed E-state index contributed by atoms with van der Waals surface area (Å²) in [5.41, 5.74) is 4.99. The topological polar surface area (TPSA) is 72.2 Å². The normalized spacial score (nSPS) is 22.5. The number of hydrogen-bond donors (Lipinski definition) is 2. The summed E-state index contributed by atoms with van der Waals surface area (Å²) in [4.78, 5) is -0.115. The molecule has 1 aliphatic carbocycles. The highest BCUT2D eigenvalue weighted by Gasteiger charge is 2.32. The lowest BCUT2D eigenvalue weighted by Crippen LogP contribution is -2.40. The number of nitrogens with two attached hydrogens (primary N) is 1. The summed E-state index contributed by atoms with van der Waals surface area (Å²) in [6, 6.07) is 2.53. The Bertz CT molecular complexity index is 642. The molecule has 0 bridgehead atoms. The standard InChI is InChI=1S/C14H19F3N2O2S.ClH/c1-9-8-10(14(15,16)17)2-7-13(9)22(20,21)19-12-5-3-11(18)4-6-12;/h2,7-8,11-12,19H,3-6,18H2,1H3;1H. The fourth-order valence-electron chi connectivity index (χ4n) is 2.65. The van der Waals surface area contributed by atoms with Gasteiger partial charge in [0.2, 0.25) is 10.0 Å². The first-order valence-electron chi connectivity index (χ1n) is 7.05. The van der Waals surface area contributed by atoms with E-state index >= 15 is 0 Å². The zero-order chi connectivity index (χ0) is 16.5. The Labute approximate surface area is 140 Å². The van der Waals surface area contributed by atoms with Crippen LogP contribution < -0.4 is 10.5 Å². The molecule has 1 saturated carbocycles. The second kappa shape index (κ2) is 7.38. The monoisotopic (exact) mass is 372 g/mol. The van der Waals surface area contributed by atoms with Crippen LogP contribution in [-0.2, 0) is 16.2 Å². The van der Waals surface area contributed by atoms with Gasteiger partial charge < -0.3 is 5.73 Å². The van der Waals surface area contributed by atoms with E-state index in [0.717, 1.165) is 31.0 Å². The maximum Gasteiger partial charge on any atom is 0.416 e. The molecular weight excluding hydrogens is 353 g/mol. The third-order valence-electron chi connectivity index (χ3n) is 3.89. The molecule has 0 aliphatic heterocycles. The van der Waals surface area contributed by atoms with E-state index < -0.39 is 21.8 Å². The van der Waals surface area contributed by atoms with Gasteiger partial charge >= 0.3 is 6.18 Å². The number of benzene rings is 1. The Kier molecular flexibility index (Phi) is 6.48. The molecule has 2 rings (SSSR count). The smallest absolute Gasteiger partial charge is 0.328 e. The third-order valence-corrected chi connectivity index (χ3v) is 5.57. The van der Waals surface area contributed by atoms with Crippen molar-refractivity contribution >= 4 is 22.4 Å². The van der Waals surface area contributed by atoms with Gasteiger partial charge in [0.25, 0.3) is 0 Å². The molecule has 1 aromatic rings. The van der Waals surface area contributed by atoms with Gasteiger partial charge in [-0.1, -0.05) is 0 Å². The molecule has 0 unspecified atom stereocenters. The Balaban J connectivity index is 0.00000264. The number of rotatable bonds is 3. The molecule has 0 aromatic heterocycles. The van der Waals surface area contributed by atoms with Crippen molar-refractivity contribution in [3.8, 4) is 0 Å². The van der Waals surface area contributed by atoms with E-state index in [2.05, 4.69) is 4.72 Å². The zero-order valence-electron chi connectivity index (χ0n) is 12.6. The van der Waals surface area contributed by atoms with E-state index in [4.69, 9.17) is 5.73 Å². The quantitative estimate of drug-likeness (QED) is 0.856. The molecule has 1 aliphatic rings. The number of hydrogen-bond acceptors (Lipinski definition) is 3. The van der Waals surface area contributed by atoms with Crippen LogP contribution in [0.5, 0.6) is 0 Å². The summed E-state index contributed by atoms with van der Waals surface area (Å²) < 4.78 is 65.1. The van der Waals surface area contributed by atoms with E-state index in [1.54, 1.807) is 0 Å². The highest BCUT2D eigenvalue weighted by Crippen LogP contribution is 2.31. The van der Waals surface area contributed by atoms with Crippen LogP contribution >= 0.6 is 12.4 Å². The molecule has 0 radical (unpaired) electrons. The average Bonchev–Trinajstić information content (AvgIpc) is 2.39. The second-order valence-corrected chi connectivity index (χ2v) is 7.39. The fraction of sp³-hybridized carbons (Fsp3) is 0.571. The van der Waals surface area contributed by atoms with Crippen molar-refractivity contribution in [2.45, 2.75) is 55.8 Å². The van der Waals surface area contributed by atoms with Gasteiger partial charge in [-0.3, -0.25) is 0 Å². The molecule has 0 atom stereocenters. The Morgan fingerprint density at radius 3 is 2.22 bits per heavy atom. The van der Waals surface area contributed by atoms with E-state index in [1.807, 2.05) is 0 Å².